The van der Waals surface area contributed by atoms with E-state index < -0.39 is 6.10 Å². The molecule has 0 bridgehead atoms. The van der Waals surface area contributed by atoms with Gasteiger partial charge in [-0.2, -0.15) is 0 Å². The number of esters is 3. The molecule has 0 amide bonds. The van der Waals surface area contributed by atoms with Crippen LogP contribution in [0, 0.1) is 0 Å². The molecule has 0 rings (SSSR count). The van der Waals surface area contributed by atoms with Crippen molar-refractivity contribution in [2.24, 2.45) is 0 Å². The lowest BCUT2D eigenvalue weighted by Gasteiger charge is -2.18. The molecule has 0 radical (unpaired) electrons. The molecule has 0 unspecified atom stereocenters. The Balaban J connectivity index is 4.38. The summed E-state index contributed by atoms with van der Waals surface area (Å²) < 4.78 is 16.8. The Labute approximate surface area is 395 Å². The summed E-state index contributed by atoms with van der Waals surface area (Å²) in [6.45, 7) is 6.46. The number of hydrogen-bond acceptors (Lipinski definition) is 6. The minimum atomic E-state index is -0.789. The zero-order chi connectivity index (χ0) is 46.5. The van der Waals surface area contributed by atoms with Gasteiger partial charge >= 0.3 is 17.9 Å². The largest absolute Gasteiger partial charge is 0.462 e. The van der Waals surface area contributed by atoms with E-state index in [9.17, 15) is 14.4 Å². The monoisotopic (exact) mass is 893 g/mol. The predicted octanol–water partition coefficient (Wildman–Crippen LogP) is 17.8. The van der Waals surface area contributed by atoms with E-state index in [2.05, 4.69) is 93.7 Å². The van der Waals surface area contributed by atoms with E-state index in [1.54, 1.807) is 0 Å². The average molecular weight is 893 g/mol. The molecule has 0 aromatic rings. The summed E-state index contributed by atoms with van der Waals surface area (Å²) >= 11 is 0. The first-order valence-electron chi connectivity index (χ1n) is 26.9. The van der Waals surface area contributed by atoms with E-state index >= 15 is 0 Å². The van der Waals surface area contributed by atoms with Gasteiger partial charge in [0, 0.05) is 19.3 Å². The Bertz CT molecular complexity index is 1210. The normalized spacial score (nSPS) is 12.6. The molecule has 0 saturated carbocycles. The first kappa shape index (κ1) is 60.9. The van der Waals surface area contributed by atoms with Gasteiger partial charge in [0.05, 0.1) is 0 Å². The van der Waals surface area contributed by atoms with Gasteiger partial charge in [-0.3, -0.25) is 14.4 Å². The van der Waals surface area contributed by atoms with Crippen molar-refractivity contribution in [2.45, 2.75) is 264 Å². The fraction of sp³-hybridized carbons (Fsp3) is 0.741. The number of hydrogen-bond donors (Lipinski definition) is 0. The molecule has 368 valence electrons. The van der Waals surface area contributed by atoms with Crippen molar-refractivity contribution in [3.63, 3.8) is 0 Å². The zero-order valence-corrected chi connectivity index (χ0v) is 42.0. The molecule has 0 N–H and O–H groups in total. The molecule has 0 aromatic carbocycles. The lowest BCUT2D eigenvalue weighted by Crippen LogP contribution is -2.30. The van der Waals surface area contributed by atoms with Gasteiger partial charge in [0.15, 0.2) is 6.10 Å². The van der Waals surface area contributed by atoms with Crippen LogP contribution in [0.3, 0.4) is 0 Å². The molecule has 0 aliphatic carbocycles. The maximum absolute atomic E-state index is 12.8. The molecule has 64 heavy (non-hydrogen) atoms. The van der Waals surface area contributed by atoms with Crippen LogP contribution in [0.15, 0.2) is 72.9 Å². The van der Waals surface area contributed by atoms with Crippen molar-refractivity contribution < 1.29 is 28.6 Å². The highest BCUT2D eigenvalue weighted by molar-refractivity contribution is 5.71. The second-order valence-electron chi connectivity index (χ2n) is 17.7. The molecule has 0 heterocycles. The minimum absolute atomic E-state index is 0.0872. The second-order valence-corrected chi connectivity index (χ2v) is 17.7. The molecule has 0 aliphatic heterocycles. The highest BCUT2D eigenvalue weighted by atomic mass is 16.6. The van der Waals surface area contributed by atoms with Gasteiger partial charge in [-0.25, -0.2) is 0 Å². The van der Waals surface area contributed by atoms with Crippen molar-refractivity contribution >= 4 is 17.9 Å². The van der Waals surface area contributed by atoms with Gasteiger partial charge in [0.1, 0.15) is 13.2 Å². The molecule has 6 nitrogen and oxygen atoms in total. The Hall–Kier alpha value is -3.15. The number of rotatable bonds is 48. The maximum atomic E-state index is 12.8. The van der Waals surface area contributed by atoms with Crippen LogP contribution in [0.2, 0.25) is 0 Å². The average Bonchev–Trinajstić information content (AvgIpc) is 3.29. The van der Waals surface area contributed by atoms with E-state index in [1.807, 2.05) is 0 Å². The number of unbranched alkanes of at least 4 members (excludes halogenated alkanes) is 25. The summed E-state index contributed by atoms with van der Waals surface area (Å²) in [6.07, 6.45) is 66.0. The first-order valence-corrected chi connectivity index (χ1v) is 26.9. The van der Waals surface area contributed by atoms with Crippen LogP contribution in [0.25, 0.3) is 0 Å². The SMILES string of the molecule is CC/C=C\C/C=C\C/C=C\CCCCCCCC(=O)O[C@H](COC(=O)CCCCCCC/C=C\CCCCC)COC(=O)CCCCCCCCCCC/C=C\C/C=C\CCCCC. The second kappa shape index (κ2) is 52.5. The molecule has 0 saturated heterocycles. The number of carbonyl (C=O) groups excluding carboxylic acids is 3. The third kappa shape index (κ3) is 49.9. The van der Waals surface area contributed by atoms with Gasteiger partial charge in [0.2, 0.25) is 0 Å². The Morgan fingerprint density at radius 3 is 0.969 bits per heavy atom. The lowest BCUT2D eigenvalue weighted by atomic mass is 10.1. The smallest absolute Gasteiger partial charge is 0.306 e. The third-order valence-electron chi connectivity index (χ3n) is 11.4. The topological polar surface area (TPSA) is 78.9 Å². The van der Waals surface area contributed by atoms with Crippen LogP contribution < -0.4 is 0 Å². The lowest BCUT2D eigenvalue weighted by molar-refractivity contribution is -0.167. The molecule has 1 atom stereocenters. The van der Waals surface area contributed by atoms with E-state index in [0.717, 1.165) is 109 Å². The highest BCUT2D eigenvalue weighted by Gasteiger charge is 2.19. The summed E-state index contributed by atoms with van der Waals surface area (Å²) in [4.78, 5) is 38.0. The summed E-state index contributed by atoms with van der Waals surface area (Å²) in [5.41, 5.74) is 0. The van der Waals surface area contributed by atoms with E-state index in [-0.39, 0.29) is 31.1 Å². The van der Waals surface area contributed by atoms with E-state index in [1.165, 1.54) is 109 Å². The third-order valence-corrected chi connectivity index (χ3v) is 11.4. The molecule has 0 aromatic heterocycles. The van der Waals surface area contributed by atoms with E-state index in [4.69, 9.17) is 14.2 Å². The summed E-state index contributed by atoms with van der Waals surface area (Å²) in [5, 5.41) is 0. The fourth-order valence-corrected chi connectivity index (χ4v) is 7.36. The molecule has 0 fully saturated rings. The number of ether oxygens (including phenoxy) is 3. The maximum Gasteiger partial charge on any atom is 0.306 e. The first-order chi connectivity index (χ1) is 31.5. The molecular formula is C58H100O6. The van der Waals surface area contributed by atoms with Crippen molar-refractivity contribution in [3.05, 3.63) is 72.9 Å². The van der Waals surface area contributed by atoms with Crippen LogP contribution in [0.1, 0.15) is 258 Å². The Morgan fingerprint density at radius 2 is 0.609 bits per heavy atom. The van der Waals surface area contributed by atoms with Gasteiger partial charge in [0.25, 0.3) is 0 Å². The minimum Gasteiger partial charge on any atom is -0.462 e. The standard InChI is InChI=1S/C58H100O6/c1-4-7-10-13-16-19-22-25-27-28-29-30-32-33-36-39-42-45-48-51-57(60)63-54-55(53-62-56(59)50-47-44-41-38-35-24-21-18-15-12-9-6-3)64-58(61)52-49-46-43-40-37-34-31-26-23-20-17-14-11-8-5-2/h8,11,16-21,25-27,31,55H,4-7,9-10,12-15,22-24,28-30,32-54H2,1-3H3/b11-8-,19-16-,20-17-,21-18-,27-25-,31-26-/t55-/m1/s1. The Morgan fingerprint density at radius 1 is 0.328 bits per heavy atom. The van der Waals surface area contributed by atoms with Crippen LogP contribution in [-0.2, 0) is 28.6 Å². The molecule has 6 heteroatoms. The van der Waals surface area contributed by atoms with Crippen molar-refractivity contribution in [1.29, 1.82) is 0 Å². The summed E-state index contributed by atoms with van der Waals surface area (Å²) in [7, 11) is 0. The van der Waals surface area contributed by atoms with Crippen LogP contribution >= 0.6 is 0 Å². The highest BCUT2D eigenvalue weighted by Crippen LogP contribution is 2.14. The van der Waals surface area contributed by atoms with E-state index in [0.29, 0.717) is 19.3 Å². The quantitative estimate of drug-likeness (QED) is 0.0262. The van der Waals surface area contributed by atoms with Gasteiger partial charge in [-0.1, -0.05) is 203 Å². The summed E-state index contributed by atoms with van der Waals surface area (Å²) in [6, 6.07) is 0. The molecule has 0 aliphatic rings. The van der Waals surface area contributed by atoms with Crippen molar-refractivity contribution in [1.82, 2.24) is 0 Å². The zero-order valence-electron chi connectivity index (χ0n) is 42.0. The van der Waals surface area contributed by atoms with Crippen LogP contribution in [-0.4, -0.2) is 37.2 Å². The van der Waals surface area contributed by atoms with Gasteiger partial charge in [-0.15, -0.1) is 0 Å². The predicted molar refractivity (Wildman–Crippen MR) is 274 cm³/mol. The number of carbonyl (C=O) groups is 3. The van der Waals surface area contributed by atoms with Crippen LogP contribution in [0.5, 0.6) is 0 Å². The van der Waals surface area contributed by atoms with Crippen molar-refractivity contribution in [3.8, 4) is 0 Å². The summed E-state index contributed by atoms with van der Waals surface area (Å²) in [5.74, 6) is -0.914. The van der Waals surface area contributed by atoms with Gasteiger partial charge in [-0.05, 0) is 109 Å². The van der Waals surface area contributed by atoms with Crippen molar-refractivity contribution in [2.75, 3.05) is 13.2 Å². The van der Waals surface area contributed by atoms with Crippen LogP contribution in [0.4, 0.5) is 0 Å². The molecular weight excluding hydrogens is 793 g/mol. The molecule has 0 spiro atoms. The Kier molecular flexibility index (Phi) is 49.9. The van der Waals surface area contributed by atoms with Gasteiger partial charge < -0.3 is 14.2 Å². The fourth-order valence-electron chi connectivity index (χ4n) is 7.36. The number of allylic oxidation sites excluding steroid dienone is 12.